The zero-order valence-corrected chi connectivity index (χ0v) is 20.0. The summed E-state index contributed by atoms with van der Waals surface area (Å²) in [5, 5.41) is 3.36. The highest BCUT2D eigenvalue weighted by Crippen LogP contribution is 2.26. The molecule has 35 heavy (non-hydrogen) atoms. The minimum Gasteiger partial charge on any atom is -0.378 e. The lowest BCUT2D eigenvalue weighted by molar-refractivity contribution is 0.0848. The summed E-state index contributed by atoms with van der Waals surface area (Å²) in [7, 11) is 0. The second-order valence-corrected chi connectivity index (χ2v) is 8.86. The molecule has 0 unspecified atom stereocenters. The van der Waals surface area contributed by atoms with Crippen LogP contribution in [0.4, 0.5) is 15.2 Å². The van der Waals surface area contributed by atoms with Crippen molar-refractivity contribution in [3.8, 4) is 0 Å². The summed E-state index contributed by atoms with van der Waals surface area (Å²) in [6.07, 6.45) is 0. The molecule has 1 fully saturated rings. The van der Waals surface area contributed by atoms with Gasteiger partial charge in [-0.3, -0.25) is 25.2 Å². The van der Waals surface area contributed by atoms with Gasteiger partial charge in [-0.1, -0.05) is 29.5 Å². The van der Waals surface area contributed by atoms with Crippen molar-refractivity contribution in [2.45, 2.75) is 13.8 Å². The van der Waals surface area contributed by atoms with E-state index in [1.54, 1.807) is 32.0 Å². The molecule has 4 rings (SSSR count). The number of thiazole rings is 1. The van der Waals surface area contributed by atoms with Gasteiger partial charge in [0.05, 0.1) is 24.5 Å². The van der Waals surface area contributed by atoms with E-state index in [-0.39, 0.29) is 11.1 Å². The number of ether oxygens (including phenoxy) is 1. The molecule has 1 aromatic heterocycles. The first-order chi connectivity index (χ1) is 16.8. The lowest BCUT2D eigenvalue weighted by Gasteiger charge is -2.25. The van der Waals surface area contributed by atoms with Gasteiger partial charge in [0, 0.05) is 24.3 Å². The minimum absolute atomic E-state index is 0.106. The van der Waals surface area contributed by atoms with E-state index in [1.807, 2.05) is 0 Å². The maximum Gasteiger partial charge on any atom is 0.281 e. The molecular weight excluding hydrogens is 473 g/mol. The Morgan fingerprint density at radius 2 is 1.71 bits per heavy atom. The second kappa shape index (κ2) is 10.6. The maximum absolute atomic E-state index is 13.9. The Hall–Kier alpha value is -3.83. The lowest BCUT2D eigenvalue weighted by Crippen LogP contribution is -2.41. The fraction of sp³-hybridized carbons (Fsp3) is 0.250. The number of amides is 3. The van der Waals surface area contributed by atoms with Gasteiger partial charge >= 0.3 is 0 Å². The number of hydrazine groups is 1. The van der Waals surface area contributed by atoms with Gasteiger partial charge in [-0.25, -0.2) is 9.37 Å². The van der Waals surface area contributed by atoms with Gasteiger partial charge in [-0.15, -0.1) is 0 Å². The van der Waals surface area contributed by atoms with Gasteiger partial charge in [0.1, 0.15) is 10.7 Å². The summed E-state index contributed by atoms with van der Waals surface area (Å²) < 4.78 is 19.3. The summed E-state index contributed by atoms with van der Waals surface area (Å²) in [6.45, 7) is 6.10. The van der Waals surface area contributed by atoms with Crippen molar-refractivity contribution in [1.82, 2.24) is 15.8 Å². The van der Waals surface area contributed by atoms with Crippen LogP contribution in [0.1, 0.15) is 41.6 Å². The molecule has 11 heteroatoms. The van der Waals surface area contributed by atoms with Crippen LogP contribution in [0.15, 0.2) is 42.5 Å². The van der Waals surface area contributed by atoms with Crippen molar-refractivity contribution >= 4 is 39.9 Å². The summed E-state index contributed by atoms with van der Waals surface area (Å²) in [5.74, 6) is -2.33. The predicted octanol–water partition coefficient (Wildman–Crippen LogP) is 3.06. The van der Waals surface area contributed by atoms with Crippen LogP contribution in [-0.4, -0.2) is 49.0 Å². The Kier molecular flexibility index (Phi) is 7.37. The van der Waals surface area contributed by atoms with Crippen LogP contribution in [0, 0.1) is 19.7 Å². The number of nitrogens with one attached hydrogen (secondary N) is 3. The first-order valence-corrected chi connectivity index (χ1v) is 11.7. The smallest absolute Gasteiger partial charge is 0.281 e. The highest BCUT2D eigenvalue weighted by molar-refractivity contribution is 7.17. The van der Waals surface area contributed by atoms with Crippen LogP contribution in [-0.2, 0) is 4.74 Å². The van der Waals surface area contributed by atoms with Crippen molar-refractivity contribution in [3.05, 3.63) is 75.5 Å². The molecule has 0 radical (unpaired) electrons. The number of anilines is 2. The molecule has 2 aromatic carbocycles. The van der Waals surface area contributed by atoms with E-state index in [0.29, 0.717) is 48.1 Å². The molecule has 3 N–H and O–H groups in total. The Bertz CT molecular complexity index is 1270. The minimum atomic E-state index is -0.644. The number of aryl methyl sites for hydroxylation is 2. The summed E-state index contributed by atoms with van der Waals surface area (Å²) in [5.41, 5.74) is 6.50. The van der Waals surface area contributed by atoms with E-state index in [9.17, 15) is 18.8 Å². The molecule has 0 bridgehead atoms. The zero-order valence-electron chi connectivity index (χ0n) is 19.2. The van der Waals surface area contributed by atoms with E-state index in [1.165, 1.54) is 35.6 Å². The molecule has 0 aliphatic carbocycles. The van der Waals surface area contributed by atoms with Crippen molar-refractivity contribution in [3.63, 3.8) is 0 Å². The zero-order chi connectivity index (χ0) is 24.9. The fourth-order valence-corrected chi connectivity index (χ4v) is 4.47. The number of rotatable bonds is 5. The normalized spacial score (nSPS) is 13.3. The average Bonchev–Trinajstić information content (AvgIpc) is 3.26. The van der Waals surface area contributed by atoms with Gasteiger partial charge in [0.25, 0.3) is 17.7 Å². The molecule has 3 aromatic rings. The SMILES string of the molecule is Cc1ccc(C(=O)NNC(=O)c2sc(N3CCOCC3)nc2C)cc1NC(=O)c1ccccc1F. The van der Waals surface area contributed by atoms with Crippen molar-refractivity contribution in [1.29, 1.82) is 0 Å². The molecule has 0 atom stereocenters. The van der Waals surface area contributed by atoms with Crippen LogP contribution < -0.4 is 21.1 Å². The number of benzene rings is 2. The van der Waals surface area contributed by atoms with E-state index in [0.717, 1.165) is 5.13 Å². The predicted molar refractivity (Wildman–Crippen MR) is 130 cm³/mol. The maximum atomic E-state index is 13.9. The molecule has 9 nitrogen and oxygen atoms in total. The number of carbonyl (C=O) groups excluding carboxylic acids is 3. The first-order valence-electron chi connectivity index (χ1n) is 10.9. The third-order valence-electron chi connectivity index (χ3n) is 5.43. The van der Waals surface area contributed by atoms with E-state index < -0.39 is 23.5 Å². The number of halogens is 1. The van der Waals surface area contributed by atoms with E-state index >= 15 is 0 Å². The molecule has 182 valence electrons. The number of hydrogen-bond donors (Lipinski definition) is 3. The van der Waals surface area contributed by atoms with Crippen LogP contribution in [0.5, 0.6) is 0 Å². The fourth-order valence-electron chi connectivity index (χ4n) is 3.46. The molecule has 0 spiro atoms. The van der Waals surface area contributed by atoms with Gasteiger partial charge < -0.3 is 15.0 Å². The van der Waals surface area contributed by atoms with Gasteiger partial charge in [-0.2, -0.15) is 0 Å². The number of hydrogen-bond acceptors (Lipinski definition) is 7. The Morgan fingerprint density at radius 3 is 2.46 bits per heavy atom. The molecule has 3 amide bonds. The van der Waals surface area contributed by atoms with Crippen LogP contribution in [0.2, 0.25) is 0 Å². The Balaban J connectivity index is 1.40. The topological polar surface area (TPSA) is 113 Å². The van der Waals surface area contributed by atoms with E-state index in [2.05, 4.69) is 26.1 Å². The van der Waals surface area contributed by atoms with E-state index in [4.69, 9.17) is 4.74 Å². The number of aromatic nitrogens is 1. The quantitative estimate of drug-likeness (QED) is 0.467. The van der Waals surface area contributed by atoms with Crippen molar-refractivity contribution in [2.75, 3.05) is 36.5 Å². The molecular formula is C24H24FN5O4S. The molecule has 1 aliphatic heterocycles. The second-order valence-electron chi connectivity index (χ2n) is 7.88. The highest BCUT2D eigenvalue weighted by Gasteiger charge is 2.21. The Labute approximate surface area is 205 Å². The highest BCUT2D eigenvalue weighted by atomic mass is 32.1. The lowest BCUT2D eigenvalue weighted by atomic mass is 10.1. The summed E-state index contributed by atoms with van der Waals surface area (Å²) in [6, 6.07) is 10.3. The Morgan fingerprint density at radius 1 is 1.00 bits per heavy atom. The third-order valence-corrected chi connectivity index (χ3v) is 6.65. The monoisotopic (exact) mass is 497 g/mol. The molecule has 2 heterocycles. The van der Waals surface area contributed by atoms with Crippen LogP contribution >= 0.6 is 11.3 Å². The molecule has 0 saturated carbocycles. The van der Waals surface area contributed by atoms with Crippen LogP contribution in [0.25, 0.3) is 0 Å². The summed E-state index contributed by atoms with van der Waals surface area (Å²) >= 11 is 1.25. The molecule has 1 saturated heterocycles. The standard InChI is InChI=1S/C24H24FN5O4S/c1-14-7-8-16(13-19(14)27-22(32)17-5-3-4-6-18(17)25)21(31)28-29-23(33)20-15(2)26-24(35-20)30-9-11-34-12-10-30/h3-8,13H,9-12H2,1-2H3,(H,27,32)(H,28,31)(H,29,33). The largest absolute Gasteiger partial charge is 0.378 e. The first kappa shape index (κ1) is 24.3. The number of nitrogens with zero attached hydrogens (tertiary/aromatic N) is 2. The average molecular weight is 498 g/mol. The molecule has 1 aliphatic rings. The number of carbonyl (C=O) groups is 3. The van der Waals surface area contributed by atoms with Crippen molar-refractivity contribution < 1.29 is 23.5 Å². The van der Waals surface area contributed by atoms with Gasteiger partial charge in [0.15, 0.2) is 5.13 Å². The van der Waals surface area contributed by atoms with Crippen LogP contribution in [0.3, 0.4) is 0 Å². The van der Waals surface area contributed by atoms with Crippen molar-refractivity contribution in [2.24, 2.45) is 0 Å². The third kappa shape index (κ3) is 5.64. The van der Waals surface area contributed by atoms with Gasteiger partial charge in [-0.05, 0) is 43.7 Å². The van der Waals surface area contributed by atoms with Gasteiger partial charge in [0.2, 0.25) is 0 Å². The summed E-state index contributed by atoms with van der Waals surface area (Å²) in [4.78, 5) is 44.7. The number of morpholine rings is 1.